The van der Waals surface area contributed by atoms with Crippen LogP contribution in [-0.4, -0.2) is 181 Å². The second-order valence-corrected chi connectivity index (χ2v) is 21.5. The number of hydrogen-bond acceptors (Lipinski definition) is 32. The summed E-state index contributed by atoms with van der Waals surface area (Å²) >= 11 is 2.15. The van der Waals surface area contributed by atoms with E-state index in [1.165, 1.54) is 39.5 Å². The molecule has 0 heterocycles. The Balaban J connectivity index is -0.000000118. The maximum Gasteiger partial charge on any atom is 1.00 e. The summed E-state index contributed by atoms with van der Waals surface area (Å²) in [5.41, 5.74) is 0. The van der Waals surface area contributed by atoms with Crippen LogP contribution in [0.2, 0.25) is 0 Å². The molecule has 44 heteroatoms. The number of carbonyl (C=O) groups excluding carboxylic acids is 5. The van der Waals surface area contributed by atoms with E-state index >= 15 is 0 Å². The predicted molar refractivity (Wildman–Crippen MR) is 230 cm³/mol. The molecule has 0 aliphatic rings. The average Bonchev–Trinajstić information content (AvgIpc) is 3.13. The number of hydrogen-bond donors (Lipinski definition) is 1. The number of ether oxygens (including phenoxy) is 1. The summed E-state index contributed by atoms with van der Waals surface area (Å²) in [6.45, 7) is 2.89. The van der Waals surface area contributed by atoms with Crippen LogP contribution in [0.1, 0.15) is 80.1 Å². The fourth-order valence-corrected chi connectivity index (χ4v) is 8.45. The summed E-state index contributed by atoms with van der Waals surface area (Å²) in [6, 6.07) is 0. The third kappa shape index (κ3) is 79.1. The molecule has 0 aromatic rings. The van der Waals surface area contributed by atoms with E-state index in [9.17, 15) is 102 Å². The Kier molecular flexibility index (Phi) is 65.4. The Morgan fingerprint density at radius 1 is 0.500 bits per heavy atom. The van der Waals surface area contributed by atoms with Gasteiger partial charge in [0.2, 0.25) is 68.3 Å². The molecule has 0 aromatic heterocycles. The van der Waals surface area contributed by atoms with Crippen molar-refractivity contribution < 1.29 is 279 Å². The van der Waals surface area contributed by atoms with Crippen molar-refractivity contribution in [1.82, 2.24) is 5.32 Å². The smallest absolute Gasteiger partial charge is 0.726 e. The van der Waals surface area contributed by atoms with Gasteiger partial charge in [-0.15, -0.1) is 0 Å². The first-order valence-electron chi connectivity index (χ1n) is 18.5. The van der Waals surface area contributed by atoms with Gasteiger partial charge in [-0.25, -0.2) is 50.5 Å². The molecule has 1 amide bonds. The molecule has 0 aliphatic carbocycles. The topological polar surface area (TPSA) is 505 Å². The number of rotatable bonds is 36. The number of Topliss-reactive ketones (excluding diaryl/α,β-unsaturated/α-hetero) is 3. The predicted octanol–water partition coefficient (Wildman–Crippen LogP) is -17.2. The van der Waals surface area contributed by atoms with Gasteiger partial charge < -0.3 is 47.0 Å². The van der Waals surface area contributed by atoms with Crippen molar-refractivity contribution in [2.45, 2.75) is 98.4 Å². The molecule has 1 N–H and O–H groups in total. The molecular formula is C30H53NNa5O30S8-. The minimum Gasteiger partial charge on any atom is -0.726 e. The number of amides is 1. The van der Waals surface area contributed by atoms with Crippen LogP contribution in [0.4, 0.5) is 0 Å². The maximum atomic E-state index is 11.7. The fraction of sp³-hybridized carbons (Fsp3) is 0.833. The van der Waals surface area contributed by atoms with Crippen molar-refractivity contribution in [3.05, 3.63) is 0 Å². The van der Waals surface area contributed by atoms with Crippen LogP contribution in [0.25, 0.3) is 0 Å². The Morgan fingerprint density at radius 2 is 0.878 bits per heavy atom. The third-order valence-electron chi connectivity index (χ3n) is 6.62. The largest absolute Gasteiger partial charge is 1.00 e. The van der Waals surface area contributed by atoms with Crippen LogP contribution in [0.3, 0.4) is 0 Å². The average molecular weight is 1280 g/mol. The van der Waals surface area contributed by atoms with E-state index < -0.39 is 118 Å². The standard InChI is InChI=1S/C11H21NO11S3.C9H16O10S2.C9H18O9S3.CH4.5Na/c1-8(11(14)21-4-3-12-9(2)13)6-24-7-10(23-26(18,19)20)5-22-25(15,16)17;1-7(10)2-3-8(11)4-5-9(19-21(15,16)17)6-18-20(12,13)14;1-8(10)4-2-3-5-19-7-9(18-21(14,15)16)6-17-20(11,12)13;;;;;;/h8,10H,3-7H2,1-2H3,(H,12,13)(H,15,16,17)(H,18,19,20);9H,2-6H2,1H3,(H,12,13,14)(H,15,16,17);9H,2-7H2,1H3,(H,11,12,13)(H,14,15,16);1H4;;;;;/q;;;;5*+1/p-6. The van der Waals surface area contributed by atoms with Crippen molar-refractivity contribution in [1.29, 1.82) is 0 Å². The van der Waals surface area contributed by atoms with E-state index in [1.54, 1.807) is 0 Å². The van der Waals surface area contributed by atoms with Crippen LogP contribution in [0.15, 0.2) is 0 Å². The molecule has 0 fully saturated rings. The first-order chi connectivity index (χ1) is 30.7. The zero-order chi connectivity index (χ0) is 53.6. The summed E-state index contributed by atoms with van der Waals surface area (Å²) in [5.74, 6) is -1.62. The molecule has 4 unspecified atom stereocenters. The van der Waals surface area contributed by atoms with Crippen molar-refractivity contribution in [3.8, 4) is 0 Å². The molecule has 0 bridgehead atoms. The summed E-state index contributed by atoms with van der Waals surface area (Å²) in [6.07, 6.45) is -3.37. The molecule has 0 aromatic carbocycles. The SMILES string of the molecule is C.CC(=O)CCC(=O)CCC(COS(=O)(=O)[O-])OS(=O)(=O)[O-].CC(=O)CCCCSCC(COS(=O)(=O)[O-])OS(=O)(=O)[O-].CC(=O)NCCOC(=O)C(C)CSCC(COS(=O)(=O)[O-])OS(=O)(=O)[O-].[Na+].[Na+].[Na+].[Na+].[Na+]. The molecule has 4 atom stereocenters. The van der Waals surface area contributed by atoms with Crippen molar-refractivity contribution in [2.75, 3.05) is 56.0 Å². The van der Waals surface area contributed by atoms with Crippen LogP contribution in [0, 0.1) is 5.92 Å². The van der Waals surface area contributed by atoms with Gasteiger partial charge in [-0.1, -0.05) is 14.4 Å². The van der Waals surface area contributed by atoms with E-state index in [0.717, 1.165) is 11.8 Å². The van der Waals surface area contributed by atoms with E-state index in [0.29, 0.717) is 25.0 Å². The molecule has 31 nitrogen and oxygen atoms in total. The van der Waals surface area contributed by atoms with Gasteiger partial charge in [0.1, 0.15) is 42.3 Å². The number of nitrogens with one attached hydrogen (secondary N) is 1. The first-order valence-corrected chi connectivity index (χ1v) is 28.8. The molecule has 0 spiro atoms. The van der Waals surface area contributed by atoms with Crippen LogP contribution in [0.5, 0.6) is 0 Å². The number of esters is 1. The van der Waals surface area contributed by atoms with Gasteiger partial charge in [-0.05, 0) is 38.9 Å². The van der Waals surface area contributed by atoms with E-state index in [4.69, 9.17) is 4.74 Å². The Labute approximate surface area is 552 Å². The van der Waals surface area contributed by atoms with Gasteiger partial charge in [0.05, 0.1) is 32.3 Å². The second kappa shape index (κ2) is 50.4. The van der Waals surface area contributed by atoms with Crippen LogP contribution < -0.4 is 153 Å². The first kappa shape index (κ1) is 96.1. The van der Waals surface area contributed by atoms with Crippen molar-refractivity contribution >= 4 is 115 Å². The number of carbonyl (C=O) groups is 5. The summed E-state index contributed by atoms with van der Waals surface area (Å²) in [5, 5.41) is 2.43. The van der Waals surface area contributed by atoms with E-state index in [2.05, 4.69) is 30.4 Å². The van der Waals surface area contributed by atoms with E-state index in [1.807, 2.05) is 0 Å². The molecule has 412 valence electrons. The Hall–Kier alpha value is 2.87. The monoisotopic (exact) mass is 1280 g/mol. The van der Waals surface area contributed by atoms with Crippen LogP contribution in [-0.2, 0) is 116 Å². The molecular weight excluding hydrogens is 1230 g/mol. The van der Waals surface area contributed by atoms with E-state index in [-0.39, 0.29) is 229 Å². The van der Waals surface area contributed by atoms with Gasteiger partial charge >= 0.3 is 154 Å². The Bertz CT molecular complexity index is 2260. The second-order valence-electron chi connectivity index (χ2n) is 13.1. The maximum absolute atomic E-state index is 11.7. The van der Waals surface area contributed by atoms with Crippen LogP contribution >= 0.6 is 23.5 Å². The summed E-state index contributed by atoms with van der Waals surface area (Å²) in [7, 11) is -30.5. The Morgan fingerprint density at radius 3 is 1.24 bits per heavy atom. The fourth-order valence-electron chi connectivity index (χ4n) is 3.86. The zero-order valence-electron chi connectivity index (χ0n) is 41.1. The number of thioether (sulfide) groups is 2. The molecule has 0 saturated heterocycles. The normalized spacial score (nSPS) is 13.0. The van der Waals surface area contributed by atoms with Gasteiger partial charge in [-0.3, -0.25) is 39.5 Å². The molecule has 0 saturated carbocycles. The number of ketones is 3. The molecule has 0 radical (unpaired) electrons. The van der Waals surface area contributed by atoms with Gasteiger partial charge in [0, 0.05) is 49.9 Å². The summed E-state index contributed by atoms with van der Waals surface area (Å²) in [4.78, 5) is 55.0. The molecule has 0 aliphatic heterocycles. The van der Waals surface area contributed by atoms with Gasteiger partial charge in [-0.2, -0.15) is 23.5 Å². The minimum absolute atomic E-state index is 0. The van der Waals surface area contributed by atoms with Gasteiger partial charge in [0.25, 0.3) is 0 Å². The summed E-state index contributed by atoms with van der Waals surface area (Å²) < 4.78 is 216. The number of unbranched alkanes of at least 4 members (excludes halogenated alkanes) is 1. The van der Waals surface area contributed by atoms with Crippen molar-refractivity contribution in [2.24, 2.45) is 5.92 Å². The van der Waals surface area contributed by atoms with Gasteiger partial charge in [0.15, 0.2) is 0 Å². The minimum atomic E-state index is -5.16. The molecule has 74 heavy (non-hydrogen) atoms. The quantitative estimate of drug-likeness (QED) is 0.0200. The van der Waals surface area contributed by atoms with Crippen molar-refractivity contribution in [3.63, 3.8) is 0 Å². The zero-order valence-corrected chi connectivity index (χ0v) is 57.7. The third-order valence-corrected chi connectivity index (χ3v) is 11.9. The molecule has 0 rings (SSSR count).